The Bertz CT molecular complexity index is 1580. The zero-order valence-corrected chi connectivity index (χ0v) is 22.2. The van der Waals surface area contributed by atoms with Gasteiger partial charge in [0.05, 0.1) is 4.90 Å². The summed E-state index contributed by atoms with van der Waals surface area (Å²) in [4.78, 5) is 25.3. The smallest absolute Gasteiger partial charge is 0.266 e. The molecule has 5 rings (SSSR count). The van der Waals surface area contributed by atoms with E-state index in [1.807, 2.05) is 30.3 Å². The fraction of sp³-hybridized carbons (Fsp3) is 0.154. The van der Waals surface area contributed by atoms with Gasteiger partial charge in [0.25, 0.3) is 15.9 Å². The van der Waals surface area contributed by atoms with Crippen molar-refractivity contribution in [3.05, 3.63) is 100 Å². The highest BCUT2D eigenvalue weighted by Gasteiger charge is 2.39. The highest BCUT2D eigenvalue weighted by molar-refractivity contribution is 7.89. The molecule has 1 N–H and O–H groups in total. The molecule has 1 aliphatic rings. The van der Waals surface area contributed by atoms with E-state index >= 15 is 0 Å². The number of carbonyl (C=O) groups is 2. The molecular formula is C26H21ClN4O5S2. The van der Waals surface area contributed by atoms with Gasteiger partial charge in [0.15, 0.2) is 5.01 Å². The molecule has 3 aromatic carbocycles. The number of sulfonamides is 1. The standard InChI is InChI=1S/C26H21ClN4O5S2/c27-20-9-11-21(12-10-20)36-16-23-29-30-26(37-23)28-25(33)18-7-4-8-22(13-18)38(34,35)31-15-19(14-24(31)32)17-5-2-1-3-6-17/h1-13,19H,14-16H2,(H,28,30,33). The second-order valence-electron chi connectivity index (χ2n) is 8.47. The van der Waals surface area contributed by atoms with Gasteiger partial charge in [-0.3, -0.25) is 14.9 Å². The minimum absolute atomic E-state index is 0.0489. The van der Waals surface area contributed by atoms with Crippen molar-refractivity contribution in [2.24, 2.45) is 0 Å². The lowest BCUT2D eigenvalue weighted by Crippen LogP contribution is -2.32. The van der Waals surface area contributed by atoms with Gasteiger partial charge in [0, 0.05) is 29.5 Å². The zero-order chi connectivity index (χ0) is 26.7. The summed E-state index contributed by atoms with van der Waals surface area (Å²) in [5.74, 6) is -0.644. The highest BCUT2D eigenvalue weighted by Crippen LogP contribution is 2.32. The van der Waals surface area contributed by atoms with Gasteiger partial charge in [-0.2, -0.15) is 0 Å². The molecule has 0 radical (unpaired) electrons. The van der Waals surface area contributed by atoms with Crippen molar-refractivity contribution in [2.45, 2.75) is 23.8 Å². The predicted octanol–water partition coefficient (Wildman–Crippen LogP) is 4.73. The first kappa shape index (κ1) is 25.8. The topological polar surface area (TPSA) is 119 Å². The molecule has 1 aromatic heterocycles. The summed E-state index contributed by atoms with van der Waals surface area (Å²) in [6.07, 6.45) is 0.102. The molecule has 0 saturated carbocycles. The van der Waals surface area contributed by atoms with Gasteiger partial charge in [-0.25, -0.2) is 12.7 Å². The largest absolute Gasteiger partial charge is 0.486 e. The van der Waals surface area contributed by atoms with E-state index in [9.17, 15) is 18.0 Å². The van der Waals surface area contributed by atoms with E-state index in [1.54, 1.807) is 24.3 Å². The lowest BCUT2D eigenvalue weighted by atomic mass is 9.99. The summed E-state index contributed by atoms with van der Waals surface area (Å²) >= 11 is 7.00. The van der Waals surface area contributed by atoms with Gasteiger partial charge in [-0.15, -0.1) is 10.2 Å². The maximum absolute atomic E-state index is 13.3. The SMILES string of the molecule is O=C(Nc1nnc(COc2ccc(Cl)cc2)s1)c1cccc(S(=O)(=O)N2CC(c3ccccc3)CC2=O)c1. The maximum Gasteiger partial charge on any atom is 0.266 e. The van der Waals surface area contributed by atoms with Crippen LogP contribution in [0.4, 0.5) is 5.13 Å². The van der Waals surface area contributed by atoms with E-state index in [1.165, 1.54) is 24.3 Å². The van der Waals surface area contributed by atoms with Crippen LogP contribution in [0.3, 0.4) is 0 Å². The molecule has 9 nitrogen and oxygen atoms in total. The summed E-state index contributed by atoms with van der Waals surface area (Å²) < 4.78 is 33.1. The number of nitrogens with zero attached hydrogens (tertiary/aromatic N) is 3. The Balaban J connectivity index is 1.25. The normalized spacial score (nSPS) is 15.4. The molecule has 194 valence electrons. The summed E-state index contributed by atoms with van der Waals surface area (Å²) in [6.45, 7) is 0.198. The van der Waals surface area contributed by atoms with Gasteiger partial charge in [0.2, 0.25) is 11.0 Å². The van der Waals surface area contributed by atoms with Gasteiger partial charge in [0.1, 0.15) is 12.4 Å². The second kappa shape index (κ2) is 10.9. The van der Waals surface area contributed by atoms with Gasteiger partial charge in [-0.05, 0) is 48.0 Å². The number of anilines is 1. The van der Waals surface area contributed by atoms with Crippen LogP contribution in [0.25, 0.3) is 0 Å². The van der Waals surface area contributed by atoms with E-state index in [-0.39, 0.29) is 41.1 Å². The van der Waals surface area contributed by atoms with Crippen LogP contribution in [0.2, 0.25) is 5.02 Å². The number of carbonyl (C=O) groups excluding carboxylic acids is 2. The molecule has 0 bridgehead atoms. The number of rotatable bonds is 8. The van der Waals surface area contributed by atoms with Crippen LogP contribution < -0.4 is 10.1 Å². The highest BCUT2D eigenvalue weighted by atomic mass is 35.5. The molecule has 4 aromatic rings. The minimum Gasteiger partial charge on any atom is -0.486 e. The Labute approximate surface area is 228 Å². The molecule has 2 amide bonds. The third-order valence-electron chi connectivity index (χ3n) is 5.90. The van der Waals surface area contributed by atoms with E-state index in [0.717, 1.165) is 21.2 Å². The molecule has 12 heteroatoms. The van der Waals surface area contributed by atoms with E-state index in [4.69, 9.17) is 16.3 Å². The average Bonchev–Trinajstić information content (AvgIpc) is 3.55. The fourth-order valence-corrected chi connectivity index (χ4v) is 6.27. The van der Waals surface area contributed by atoms with Crippen molar-refractivity contribution < 1.29 is 22.7 Å². The Morgan fingerprint density at radius 3 is 2.58 bits per heavy atom. The number of halogens is 1. The van der Waals surface area contributed by atoms with Crippen LogP contribution in [-0.2, 0) is 21.4 Å². The van der Waals surface area contributed by atoms with Crippen molar-refractivity contribution in [1.82, 2.24) is 14.5 Å². The fourth-order valence-electron chi connectivity index (χ4n) is 3.99. The molecule has 0 aliphatic carbocycles. The summed E-state index contributed by atoms with van der Waals surface area (Å²) in [5, 5.41) is 12.0. The molecule has 0 spiro atoms. The van der Waals surface area contributed by atoms with Crippen molar-refractivity contribution in [3.63, 3.8) is 0 Å². The average molecular weight is 569 g/mol. The molecule has 1 saturated heterocycles. The Kier molecular flexibility index (Phi) is 7.41. The van der Waals surface area contributed by atoms with Crippen molar-refractivity contribution in [1.29, 1.82) is 0 Å². The lowest BCUT2D eigenvalue weighted by molar-refractivity contribution is -0.123. The molecule has 38 heavy (non-hydrogen) atoms. The van der Waals surface area contributed by atoms with Crippen LogP contribution in [0, 0.1) is 0 Å². The first-order valence-corrected chi connectivity index (χ1v) is 14.2. The molecule has 1 aliphatic heterocycles. The Morgan fingerprint density at radius 1 is 1.05 bits per heavy atom. The third kappa shape index (κ3) is 5.69. The van der Waals surface area contributed by atoms with E-state index in [0.29, 0.717) is 15.8 Å². The summed E-state index contributed by atoms with van der Waals surface area (Å²) in [6, 6.07) is 21.8. The monoisotopic (exact) mass is 568 g/mol. The molecule has 1 unspecified atom stereocenters. The molecule has 1 atom stereocenters. The van der Waals surface area contributed by atoms with Crippen LogP contribution in [0.1, 0.15) is 33.3 Å². The predicted molar refractivity (Wildman–Crippen MR) is 143 cm³/mol. The maximum atomic E-state index is 13.3. The Morgan fingerprint density at radius 2 is 1.82 bits per heavy atom. The third-order valence-corrected chi connectivity index (χ3v) is 8.75. The second-order valence-corrected chi connectivity index (χ2v) is 11.8. The zero-order valence-electron chi connectivity index (χ0n) is 19.8. The lowest BCUT2D eigenvalue weighted by Gasteiger charge is -2.17. The van der Waals surface area contributed by atoms with Crippen molar-refractivity contribution in [3.8, 4) is 5.75 Å². The van der Waals surface area contributed by atoms with Crippen LogP contribution >= 0.6 is 22.9 Å². The van der Waals surface area contributed by atoms with Crippen LogP contribution in [0.5, 0.6) is 5.75 Å². The Hall–Kier alpha value is -3.80. The summed E-state index contributed by atoms with van der Waals surface area (Å²) in [5.41, 5.74) is 1.01. The number of hydrogen-bond acceptors (Lipinski definition) is 8. The van der Waals surface area contributed by atoms with Gasteiger partial charge in [-0.1, -0.05) is 59.3 Å². The van der Waals surface area contributed by atoms with Crippen LogP contribution in [0.15, 0.2) is 83.8 Å². The van der Waals surface area contributed by atoms with Crippen molar-refractivity contribution >= 4 is 49.9 Å². The van der Waals surface area contributed by atoms with Crippen molar-refractivity contribution in [2.75, 3.05) is 11.9 Å². The number of amides is 2. The molecular weight excluding hydrogens is 548 g/mol. The van der Waals surface area contributed by atoms with Crippen LogP contribution in [-0.4, -0.2) is 41.3 Å². The number of nitrogens with one attached hydrogen (secondary N) is 1. The summed E-state index contributed by atoms with van der Waals surface area (Å²) in [7, 11) is -4.14. The quantitative estimate of drug-likeness (QED) is 0.326. The van der Waals surface area contributed by atoms with E-state index in [2.05, 4.69) is 15.5 Å². The minimum atomic E-state index is -4.14. The molecule has 1 fully saturated rings. The number of ether oxygens (including phenoxy) is 1. The number of benzene rings is 3. The first-order valence-electron chi connectivity index (χ1n) is 11.5. The van der Waals surface area contributed by atoms with E-state index < -0.39 is 21.8 Å². The first-order chi connectivity index (χ1) is 18.3. The van der Waals surface area contributed by atoms with Gasteiger partial charge >= 0.3 is 0 Å². The number of hydrogen-bond donors (Lipinski definition) is 1. The molecule has 2 heterocycles. The van der Waals surface area contributed by atoms with Gasteiger partial charge < -0.3 is 4.74 Å². The number of aromatic nitrogens is 2.